The molecule has 1 saturated heterocycles. The summed E-state index contributed by atoms with van der Waals surface area (Å²) in [5.41, 5.74) is 1.54. The van der Waals surface area contributed by atoms with E-state index in [0.29, 0.717) is 13.1 Å². The highest BCUT2D eigenvalue weighted by Crippen LogP contribution is 2.22. The lowest BCUT2D eigenvalue weighted by Crippen LogP contribution is -2.35. The largest absolute Gasteiger partial charge is 0.243 e. The van der Waals surface area contributed by atoms with Gasteiger partial charge in [-0.3, -0.25) is 0 Å². The number of sulfonamides is 2. The van der Waals surface area contributed by atoms with Crippen LogP contribution in [0.5, 0.6) is 0 Å². The van der Waals surface area contributed by atoms with Gasteiger partial charge in [-0.1, -0.05) is 24.6 Å². The molecule has 1 aliphatic rings. The fourth-order valence-electron chi connectivity index (χ4n) is 3.60. The molecule has 0 bridgehead atoms. The van der Waals surface area contributed by atoms with Gasteiger partial charge in [0, 0.05) is 32.0 Å². The zero-order chi connectivity index (χ0) is 21.9. The van der Waals surface area contributed by atoms with Crippen molar-refractivity contribution in [1.29, 1.82) is 0 Å². The zero-order valence-electron chi connectivity index (χ0n) is 16.9. The summed E-state index contributed by atoms with van der Waals surface area (Å²) in [4.78, 5) is 0.124. The van der Waals surface area contributed by atoms with Crippen LogP contribution in [0.15, 0.2) is 76.8 Å². The second-order valence-corrected chi connectivity index (χ2v) is 11.0. The maximum absolute atomic E-state index is 12.8. The molecule has 1 N–H and O–H groups in total. The molecule has 31 heavy (non-hydrogen) atoms. The molecule has 0 atom stereocenters. The summed E-state index contributed by atoms with van der Waals surface area (Å²) < 4.78 is 56.8. The van der Waals surface area contributed by atoms with Crippen molar-refractivity contribution in [1.82, 2.24) is 18.8 Å². The van der Waals surface area contributed by atoms with Crippen molar-refractivity contribution in [2.45, 2.75) is 35.6 Å². The lowest BCUT2D eigenvalue weighted by Gasteiger charge is -2.25. The molecule has 164 valence electrons. The average Bonchev–Trinajstić information content (AvgIpc) is 3.33. The number of aromatic nitrogens is 2. The van der Waals surface area contributed by atoms with E-state index in [2.05, 4.69) is 9.82 Å². The Morgan fingerprint density at radius 1 is 0.839 bits per heavy atom. The maximum atomic E-state index is 12.8. The van der Waals surface area contributed by atoms with Crippen LogP contribution in [-0.4, -0.2) is 44.0 Å². The molecular weight excluding hydrogens is 436 g/mol. The highest BCUT2D eigenvalue weighted by Gasteiger charge is 2.26. The second-order valence-electron chi connectivity index (χ2n) is 7.34. The Morgan fingerprint density at radius 2 is 1.52 bits per heavy atom. The quantitative estimate of drug-likeness (QED) is 0.584. The molecule has 8 nitrogen and oxygen atoms in total. The van der Waals surface area contributed by atoms with Crippen LogP contribution in [-0.2, 0) is 26.6 Å². The molecule has 0 radical (unpaired) electrons. The van der Waals surface area contributed by atoms with Gasteiger partial charge >= 0.3 is 0 Å². The van der Waals surface area contributed by atoms with Gasteiger partial charge < -0.3 is 0 Å². The Hall–Kier alpha value is -2.53. The minimum Gasteiger partial charge on any atom is -0.241 e. The number of hydrogen-bond donors (Lipinski definition) is 1. The van der Waals surface area contributed by atoms with E-state index in [1.165, 1.54) is 28.6 Å². The van der Waals surface area contributed by atoms with Gasteiger partial charge in [-0.2, -0.15) is 9.40 Å². The van der Waals surface area contributed by atoms with E-state index >= 15 is 0 Å². The van der Waals surface area contributed by atoms with E-state index in [0.717, 1.165) is 30.5 Å². The second kappa shape index (κ2) is 8.91. The van der Waals surface area contributed by atoms with Gasteiger partial charge in [-0.15, -0.1) is 0 Å². The third-order valence-corrected chi connectivity index (χ3v) is 8.61. The van der Waals surface area contributed by atoms with Gasteiger partial charge in [0.25, 0.3) is 0 Å². The van der Waals surface area contributed by atoms with Gasteiger partial charge in [0.15, 0.2) is 0 Å². The molecule has 1 fully saturated rings. The highest BCUT2D eigenvalue weighted by molar-refractivity contribution is 7.89. The third kappa shape index (κ3) is 4.72. The van der Waals surface area contributed by atoms with Crippen molar-refractivity contribution in [3.8, 4) is 5.69 Å². The summed E-state index contributed by atoms with van der Waals surface area (Å²) in [5, 5.41) is 4.20. The Balaban J connectivity index is 1.50. The lowest BCUT2D eigenvalue weighted by molar-refractivity contribution is 0.346. The Labute approximate surface area is 182 Å². The van der Waals surface area contributed by atoms with E-state index in [1.54, 1.807) is 23.1 Å². The number of piperidine rings is 1. The minimum atomic E-state index is -3.82. The average molecular weight is 461 g/mol. The fourth-order valence-corrected chi connectivity index (χ4v) is 6.12. The van der Waals surface area contributed by atoms with Gasteiger partial charge in [0.1, 0.15) is 0 Å². The summed E-state index contributed by atoms with van der Waals surface area (Å²) >= 11 is 0. The van der Waals surface area contributed by atoms with E-state index in [9.17, 15) is 16.8 Å². The van der Waals surface area contributed by atoms with Crippen LogP contribution in [0.3, 0.4) is 0 Å². The van der Waals surface area contributed by atoms with E-state index in [1.807, 2.05) is 24.3 Å². The zero-order valence-corrected chi connectivity index (χ0v) is 18.5. The third-order valence-electron chi connectivity index (χ3n) is 5.28. The molecule has 0 amide bonds. The van der Waals surface area contributed by atoms with Crippen LogP contribution in [0.25, 0.3) is 5.69 Å². The lowest BCUT2D eigenvalue weighted by atomic mass is 10.2. The molecule has 10 heteroatoms. The first-order valence-electron chi connectivity index (χ1n) is 10.1. The Morgan fingerprint density at radius 3 is 2.19 bits per heavy atom. The molecule has 3 aromatic rings. The molecule has 1 aliphatic heterocycles. The highest BCUT2D eigenvalue weighted by atomic mass is 32.2. The van der Waals surface area contributed by atoms with Gasteiger partial charge in [0.2, 0.25) is 20.0 Å². The fraction of sp³-hybridized carbons (Fsp3) is 0.286. The maximum Gasteiger partial charge on any atom is 0.243 e. The van der Waals surface area contributed by atoms with Crippen LogP contribution in [0.4, 0.5) is 0 Å². The van der Waals surface area contributed by atoms with Crippen LogP contribution in [0.2, 0.25) is 0 Å². The monoisotopic (exact) mass is 460 g/mol. The van der Waals surface area contributed by atoms with E-state index < -0.39 is 20.0 Å². The van der Waals surface area contributed by atoms with Crippen molar-refractivity contribution in [3.63, 3.8) is 0 Å². The molecule has 1 aromatic heterocycles. The first-order chi connectivity index (χ1) is 14.9. The summed E-state index contributed by atoms with van der Waals surface area (Å²) in [5.74, 6) is 0. The van der Waals surface area contributed by atoms with Crippen molar-refractivity contribution >= 4 is 20.0 Å². The van der Waals surface area contributed by atoms with Crippen LogP contribution in [0, 0.1) is 0 Å². The first kappa shape index (κ1) is 21.7. The van der Waals surface area contributed by atoms with Gasteiger partial charge in [0.05, 0.1) is 15.5 Å². The topological polar surface area (TPSA) is 101 Å². The summed E-state index contributed by atoms with van der Waals surface area (Å²) in [6.07, 6.45) is 6.15. The molecule has 0 aliphatic carbocycles. The predicted molar refractivity (Wildman–Crippen MR) is 117 cm³/mol. The van der Waals surface area contributed by atoms with Crippen LogP contribution in [0.1, 0.15) is 24.8 Å². The molecule has 4 rings (SSSR count). The predicted octanol–water partition coefficient (Wildman–Crippen LogP) is 2.53. The summed E-state index contributed by atoms with van der Waals surface area (Å²) in [6.45, 7) is 1.07. The number of rotatable bonds is 7. The smallest absolute Gasteiger partial charge is 0.241 e. The molecule has 2 heterocycles. The van der Waals surface area contributed by atoms with Crippen LogP contribution < -0.4 is 4.72 Å². The SMILES string of the molecule is O=S(=O)(NCc1ccccc1-n1cccn1)c1ccc(S(=O)(=O)N2CCCCC2)cc1. The van der Waals surface area contributed by atoms with Crippen molar-refractivity contribution < 1.29 is 16.8 Å². The minimum absolute atomic E-state index is 0.0154. The standard InChI is InChI=1S/C21H24N4O4S2/c26-30(27,23-17-18-7-2-3-8-21(18)25-16-6-13-22-25)19-9-11-20(12-10-19)31(28,29)24-14-4-1-5-15-24/h2-3,6-13,16,23H,1,4-5,14-15,17H2. The normalized spacial score (nSPS) is 15.7. The van der Waals surface area contributed by atoms with Crippen molar-refractivity contribution in [2.24, 2.45) is 0 Å². The number of benzene rings is 2. The molecular formula is C21H24N4O4S2. The summed E-state index contributed by atoms with van der Waals surface area (Å²) in [7, 11) is -7.42. The first-order valence-corrected chi connectivity index (χ1v) is 13.0. The number of hydrogen-bond acceptors (Lipinski definition) is 5. The van der Waals surface area contributed by atoms with Crippen molar-refractivity contribution in [2.75, 3.05) is 13.1 Å². The number of nitrogens with one attached hydrogen (secondary N) is 1. The van der Waals surface area contributed by atoms with Gasteiger partial charge in [-0.25, -0.2) is 26.2 Å². The van der Waals surface area contributed by atoms with Gasteiger partial charge in [-0.05, 0) is 54.8 Å². The van der Waals surface area contributed by atoms with E-state index in [4.69, 9.17) is 0 Å². The molecule has 0 unspecified atom stereocenters. The number of para-hydroxylation sites is 1. The van der Waals surface area contributed by atoms with Crippen LogP contribution >= 0.6 is 0 Å². The molecule has 0 saturated carbocycles. The van der Waals surface area contributed by atoms with Crippen molar-refractivity contribution in [3.05, 3.63) is 72.6 Å². The Bertz CT molecular complexity index is 1230. The molecule has 2 aromatic carbocycles. The van der Waals surface area contributed by atoms with E-state index in [-0.39, 0.29) is 16.3 Å². The summed E-state index contributed by atoms with van der Waals surface area (Å²) in [6, 6.07) is 14.5. The Kier molecular flexibility index (Phi) is 6.24. The molecule has 0 spiro atoms. The number of nitrogens with zero attached hydrogens (tertiary/aromatic N) is 3.